The number of hydrogen-bond acceptors (Lipinski definition) is 4. The van der Waals surface area contributed by atoms with E-state index >= 15 is 0 Å². The molecule has 27 heavy (non-hydrogen) atoms. The van der Waals surface area contributed by atoms with Crippen molar-refractivity contribution in [2.24, 2.45) is 5.10 Å². The van der Waals surface area contributed by atoms with E-state index in [1.54, 1.807) is 0 Å². The standard InChI is InChI=1S/C22H17N3O2/c26-21-19(24-23-17-12-6-2-7-13-17)20(16-10-4-1-5-11-16)25(22(21)27)18-14-8-3-9-15-18/h1-15,20,23H/b24-19+/t20-/m1/s1. The van der Waals surface area contributed by atoms with E-state index in [2.05, 4.69) is 10.5 Å². The molecule has 0 unspecified atom stereocenters. The first kappa shape index (κ1) is 16.7. The number of ketones is 1. The van der Waals surface area contributed by atoms with Gasteiger partial charge < -0.3 is 0 Å². The molecule has 1 heterocycles. The average molecular weight is 355 g/mol. The quantitative estimate of drug-likeness (QED) is 0.572. The number of rotatable bonds is 4. The van der Waals surface area contributed by atoms with Crippen LogP contribution in [0.15, 0.2) is 96.1 Å². The topological polar surface area (TPSA) is 61.8 Å². The molecule has 4 rings (SSSR count). The Morgan fingerprint density at radius 1 is 0.741 bits per heavy atom. The van der Waals surface area contributed by atoms with Crippen LogP contribution >= 0.6 is 0 Å². The largest absolute Gasteiger partial charge is 0.301 e. The van der Waals surface area contributed by atoms with Gasteiger partial charge in [0.1, 0.15) is 11.8 Å². The second-order valence-electron chi connectivity index (χ2n) is 6.13. The van der Waals surface area contributed by atoms with E-state index in [9.17, 15) is 9.59 Å². The fourth-order valence-electron chi connectivity index (χ4n) is 3.13. The highest BCUT2D eigenvalue weighted by atomic mass is 16.2. The molecule has 0 bridgehead atoms. The molecule has 1 amide bonds. The van der Waals surface area contributed by atoms with Crippen molar-refractivity contribution < 1.29 is 9.59 Å². The van der Waals surface area contributed by atoms with E-state index < -0.39 is 17.7 Å². The minimum absolute atomic E-state index is 0.180. The summed E-state index contributed by atoms with van der Waals surface area (Å²) in [5.74, 6) is -1.18. The first-order chi connectivity index (χ1) is 13.3. The summed E-state index contributed by atoms with van der Waals surface area (Å²) in [5.41, 5.74) is 5.31. The highest BCUT2D eigenvalue weighted by molar-refractivity contribution is 6.72. The van der Waals surface area contributed by atoms with Crippen molar-refractivity contribution in [2.75, 3.05) is 10.3 Å². The van der Waals surface area contributed by atoms with Crippen LogP contribution in [0.5, 0.6) is 0 Å². The van der Waals surface area contributed by atoms with Crippen molar-refractivity contribution in [3.63, 3.8) is 0 Å². The molecule has 0 aliphatic carbocycles. The van der Waals surface area contributed by atoms with Gasteiger partial charge in [0.05, 0.1) is 5.69 Å². The van der Waals surface area contributed by atoms with Crippen LogP contribution in [0.25, 0.3) is 0 Å². The lowest BCUT2D eigenvalue weighted by Crippen LogP contribution is -2.29. The molecule has 1 aliphatic rings. The number of carbonyl (C=O) groups excluding carboxylic acids is 2. The zero-order valence-corrected chi connectivity index (χ0v) is 14.4. The smallest absolute Gasteiger partial charge is 0.292 e. The Morgan fingerprint density at radius 3 is 1.93 bits per heavy atom. The van der Waals surface area contributed by atoms with Gasteiger partial charge in [-0.15, -0.1) is 0 Å². The van der Waals surface area contributed by atoms with Gasteiger partial charge in [-0.3, -0.25) is 19.9 Å². The number of hydrazone groups is 1. The normalized spacial score (nSPS) is 18.1. The van der Waals surface area contributed by atoms with Crippen LogP contribution < -0.4 is 10.3 Å². The van der Waals surface area contributed by atoms with Gasteiger partial charge >= 0.3 is 5.91 Å². The monoisotopic (exact) mass is 355 g/mol. The van der Waals surface area contributed by atoms with Gasteiger partial charge in [-0.2, -0.15) is 5.10 Å². The molecule has 1 atom stereocenters. The summed E-state index contributed by atoms with van der Waals surface area (Å²) in [7, 11) is 0. The summed E-state index contributed by atoms with van der Waals surface area (Å²) in [6.45, 7) is 0. The number of benzene rings is 3. The van der Waals surface area contributed by atoms with E-state index in [0.29, 0.717) is 5.69 Å². The highest BCUT2D eigenvalue weighted by Crippen LogP contribution is 2.34. The molecule has 5 nitrogen and oxygen atoms in total. The number of nitrogens with zero attached hydrogens (tertiary/aromatic N) is 2. The first-order valence-corrected chi connectivity index (χ1v) is 8.62. The van der Waals surface area contributed by atoms with Crippen molar-refractivity contribution in [1.29, 1.82) is 0 Å². The van der Waals surface area contributed by atoms with Crippen LogP contribution in [-0.2, 0) is 9.59 Å². The fraction of sp³-hybridized carbons (Fsp3) is 0.0455. The van der Waals surface area contributed by atoms with Crippen LogP contribution in [0.2, 0.25) is 0 Å². The summed E-state index contributed by atoms with van der Waals surface area (Å²) in [6, 6.07) is 27.4. The molecular weight excluding hydrogens is 338 g/mol. The molecule has 1 saturated heterocycles. The maximum atomic E-state index is 12.8. The Morgan fingerprint density at radius 2 is 1.30 bits per heavy atom. The Labute approximate surface area is 156 Å². The SMILES string of the molecule is O=C1C(=O)N(c2ccccc2)[C@H](c2ccccc2)/C1=N\Nc1ccccc1. The van der Waals surface area contributed by atoms with E-state index in [-0.39, 0.29) is 5.71 Å². The van der Waals surface area contributed by atoms with Gasteiger partial charge in [0, 0.05) is 5.69 Å². The van der Waals surface area contributed by atoms with Crippen LogP contribution in [0.4, 0.5) is 11.4 Å². The summed E-state index contributed by atoms with van der Waals surface area (Å²) in [4.78, 5) is 27.0. The molecule has 3 aromatic carbocycles. The zero-order chi connectivity index (χ0) is 18.6. The minimum atomic E-state index is -0.601. The van der Waals surface area contributed by atoms with Crippen molar-refractivity contribution in [2.45, 2.75) is 6.04 Å². The van der Waals surface area contributed by atoms with E-state index in [1.807, 2.05) is 91.0 Å². The molecule has 0 aromatic heterocycles. The van der Waals surface area contributed by atoms with Crippen molar-refractivity contribution in [3.8, 4) is 0 Å². The predicted octanol–water partition coefficient (Wildman–Crippen LogP) is 3.81. The number of carbonyl (C=O) groups is 2. The molecule has 0 spiro atoms. The molecule has 1 N–H and O–H groups in total. The summed E-state index contributed by atoms with van der Waals surface area (Å²) in [5, 5.41) is 4.31. The molecule has 1 fully saturated rings. The Hall–Kier alpha value is -3.73. The van der Waals surface area contributed by atoms with E-state index in [1.165, 1.54) is 4.90 Å². The van der Waals surface area contributed by atoms with Crippen LogP contribution in [0.1, 0.15) is 11.6 Å². The summed E-state index contributed by atoms with van der Waals surface area (Å²) < 4.78 is 0. The van der Waals surface area contributed by atoms with Crippen molar-refractivity contribution in [1.82, 2.24) is 0 Å². The highest BCUT2D eigenvalue weighted by Gasteiger charge is 2.46. The van der Waals surface area contributed by atoms with Gasteiger partial charge in [-0.1, -0.05) is 66.7 Å². The number of Topliss-reactive ketones (excluding diaryl/α,β-unsaturated/α-hetero) is 1. The lowest BCUT2D eigenvalue weighted by Gasteiger charge is -2.24. The maximum absolute atomic E-state index is 12.8. The third kappa shape index (κ3) is 3.22. The number of para-hydroxylation sites is 2. The third-order valence-corrected chi connectivity index (χ3v) is 4.39. The Bertz CT molecular complexity index is 986. The molecule has 5 heteroatoms. The van der Waals surface area contributed by atoms with Crippen molar-refractivity contribution >= 4 is 28.8 Å². The van der Waals surface area contributed by atoms with Gasteiger partial charge in [0.15, 0.2) is 0 Å². The summed E-state index contributed by atoms with van der Waals surface area (Å²) in [6.07, 6.45) is 0. The minimum Gasteiger partial charge on any atom is -0.292 e. The predicted molar refractivity (Wildman–Crippen MR) is 106 cm³/mol. The van der Waals surface area contributed by atoms with Crippen molar-refractivity contribution in [3.05, 3.63) is 96.6 Å². The van der Waals surface area contributed by atoms with Gasteiger partial charge in [0.2, 0.25) is 0 Å². The molecule has 0 radical (unpaired) electrons. The molecule has 0 saturated carbocycles. The van der Waals surface area contributed by atoms with E-state index in [4.69, 9.17) is 0 Å². The van der Waals surface area contributed by atoms with Crippen LogP contribution in [0, 0.1) is 0 Å². The molecule has 3 aromatic rings. The number of amides is 1. The Kier molecular flexibility index (Phi) is 4.49. The molecule has 1 aliphatic heterocycles. The average Bonchev–Trinajstić information content (AvgIpc) is 2.99. The molecule has 132 valence electrons. The van der Waals surface area contributed by atoms with Crippen LogP contribution in [-0.4, -0.2) is 17.4 Å². The van der Waals surface area contributed by atoms with Gasteiger partial charge in [0.25, 0.3) is 5.78 Å². The van der Waals surface area contributed by atoms with Gasteiger partial charge in [-0.25, -0.2) is 0 Å². The zero-order valence-electron chi connectivity index (χ0n) is 14.4. The number of hydrogen-bond donors (Lipinski definition) is 1. The van der Waals surface area contributed by atoms with Gasteiger partial charge in [-0.05, 0) is 29.8 Å². The second kappa shape index (κ2) is 7.25. The maximum Gasteiger partial charge on any atom is 0.301 e. The fourth-order valence-corrected chi connectivity index (χ4v) is 3.13. The first-order valence-electron chi connectivity index (χ1n) is 8.62. The lowest BCUT2D eigenvalue weighted by molar-refractivity contribution is -0.131. The third-order valence-electron chi connectivity index (χ3n) is 4.39. The second-order valence-corrected chi connectivity index (χ2v) is 6.13. The Balaban J connectivity index is 1.79. The number of anilines is 2. The van der Waals surface area contributed by atoms with E-state index in [0.717, 1.165) is 11.3 Å². The lowest BCUT2D eigenvalue weighted by atomic mass is 10.0. The number of nitrogens with one attached hydrogen (secondary N) is 1. The summed E-state index contributed by atoms with van der Waals surface area (Å²) >= 11 is 0. The molecular formula is C22H17N3O2. The van der Waals surface area contributed by atoms with Crippen LogP contribution in [0.3, 0.4) is 0 Å².